The summed E-state index contributed by atoms with van der Waals surface area (Å²) >= 11 is 1.40. The number of nitrogens with one attached hydrogen (secondary N) is 1. The summed E-state index contributed by atoms with van der Waals surface area (Å²) in [5.41, 5.74) is 12.8. The van der Waals surface area contributed by atoms with Gasteiger partial charge in [0, 0.05) is 31.5 Å². The molecule has 8 heteroatoms. The van der Waals surface area contributed by atoms with Crippen LogP contribution < -0.4 is 16.8 Å². The molecule has 0 aliphatic carbocycles. The van der Waals surface area contributed by atoms with Gasteiger partial charge in [-0.3, -0.25) is 9.59 Å². The van der Waals surface area contributed by atoms with E-state index >= 15 is 0 Å². The number of rotatable bonds is 9. The van der Waals surface area contributed by atoms with E-state index in [9.17, 15) is 9.59 Å². The molecule has 2 heterocycles. The molecule has 1 aromatic heterocycles. The minimum atomic E-state index is -0.0776. The van der Waals surface area contributed by atoms with Crippen molar-refractivity contribution in [1.82, 2.24) is 4.90 Å². The van der Waals surface area contributed by atoms with E-state index in [2.05, 4.69) is 24.2 Å². The summed E-state index contributed by atoms with van der Waals surface area (Å²) in [6.07, 6.45) is 5.04. The molecule has 1 aromatic rings. The highest BCUT2D eigenvalue weighted by atomic mass is 32.1. The Kier molecular flexibility index (Phi) is 7.99. The first-order valence-corrected chi connectivity index (χ1v) is 10.3. The van der Waals surface area contributed by atoms with Gasteiger partial charge >= 0.3 is 0 Å². The Balaban J connectivity index is 2.24. The molecule has 5 N–H and O–H groups in total. The monoisotopic (exact) mass is 391 g/mol. The lowest BCUT2D eigenvalue weighted by molar-refractivity contribution is -0.127. The third-order valence-corrected chi connectivity index (χ3v) is 5.09. The van der Waals surface area contributed by atoms with Crippen LogP contribution in [0.4, 0.5) is 10.7 Å². The van der Waals surface area contributed by atoms with Gasteiger partial charge < -0.3 is 21.7 Å². The molecule has 0 saturated carbocycles. The number of aliphatic imine (C=N–C) groups is 1. The first kappa shape index (κ1) is 21.1. The lowest BCUT2D eigenvalue weighted by atomic mass is 10.1. The van der Waals surface area contributed by atoms with Crippen molar-refractivity contribution >= 4 is 45.8 Å². The van der Waals surface area contributed by atoms with Crippen LogP contribution in [0, 0.1) is 0 Å². The van der Waals surface area contributed by atoms with Gasteiger partial charge in [-0.2, -0.15) is 0 Å². The average Bonchev–Trinajstić information content (AvgIpc) is 2.91. The van der Waals surface area contributed by atoms with Crippen molar-refractivity contribution in [3.63, 3.8) is 0 Å². The molecule has 0 radical (unpaired) electrons. The number of hydrogen-bond donors (Lipinski definition) is 3. The third-order valence-electron chi connectivity index (χ3n) is 4.10. The summed E-state index contributed by atoms with van der Waals surface area (Å²) in [5, 5.41) is 3.56. The van der Waals surface area contributed by atoms with Crippen LogP contribution in [-0.2, 0) is 9.59 Å². The topological polar surface area (TPSA) is 114 Å². The lowest BCUT2D eigenvalue weighted by Crippen LogP contribution is -2.34. The number of amides is 2. The van der Waals surface area contributed by atoms with E-state index in [4.69, 9.17) is 11.5 Å². The number of nitrogens with zero attached hydrogens (tertiary/aromatic N) is 2. The molecule has 0 bridgehead atoms. The smallest absolute Gasteiger partial charge is 0.250 e. The van der Waals surface area contributed by atoms with Gasteiger partial charge in [0.2, 0.25) is 11.8 Å². The number of fused-ring (bicyclic) bond motifs is 1. The van der Waals surface area contributed by atoms with Crippen LogP contribution in [0.3, 0.4) is 0 Å². The standard InChI is InChI=1S/C19H29N5O2S/c1-3-8-24(9-4-2)19(26)13-10-15-14(22-16(21)11-13)12-18(27-15)23-17(25)6-5-7-20/h10,12H,3-9,11,20H2,1-2H3,(H2,21,22)(H,23,25). The maximum Gasteiger partial charge on any atom is 0.250 e. The van der Waals surface area contributed by atoms with Gasteiger partial charge in [-0.05, 0) is 37.9 Å². The van der Waals surface area contributed by atoms with Gasteiger partial charge in [0.25, 0.3) is 0 Å². The van der Waals surface area contributed by atoms with Crippen molar-refractivity contribution in [3.8, 4) is 0 Å². The highest BCUT2D eigenvalue weighted by Crippen LogP contribution is 2.37. The normalized spacial score (nSPS) is 13.3. The van der Waals surface area contributed by atoms with Gasteiger partial charge in [0.05, 0.1) is 15.6 Å². The highest BCUT2D eigenvalue weighted by molar-refractivity contribution is 7.17. The Bertz CT molecular complexity index is 732. The molecular formula is C19H29N5O2S. The van der Waals surface area contributed by atoms with Crippen molar-refractivity contribution in [3.05, 3.63) is 16.5 Å². The second kappa shape index (κ2) is 10.2. The fourth-order valence-electron chi connectivity index (χ4n) is 2.90. The van der Waals surface area contributed by atoms with E-state index < -0.39 is 0 Å². The average molecular weight is 392 g/mol. The van der Waals surface area contributed by atoms with Crippen molar-refractivity contribution in [1.29, 1.82) is 0 Å². The summed E-state index contributed by atoms with van der Waals surface area (Å²) in [7, 11) is 0. The Labute approximate surface area is 164 Å². The number of carbonyl (C=O) groups is 2. The minimum Gasteiger partial charge on any atom is -0.387 e. The number of anilines is 1. The summed E-state index contributed by atoms with van der Waals surface area (Å²) in [5.74, 6) is 0.331. The SMILES string of the molecule is CCCN(CCC)C(=O)C1=Cc2sc(NC(=O)CCCN)cc2N=C(N)C1. The summed E-state index contributed by atoms with van der Waals surface area (Å²) in [4.78, 5) is 32.0. The molecule has 27 heavy (non-hydrogen) atoms. The number of hydrogen-bond acceptors (Lipinski definition) is 6. The van der Waals surface area contributed by atoms with E-state index in [1.807, 2.05) is 11.0 Å². The quantitative estimate of drug-likeness (QED) is 0.600. The van der Waals surface area contributed by atoms with Crippen LogP contribution in [0.2, 0.25) is 0 Å². The van der Waals surface area contributed by atoms with Crippen LogP contribution >= 0.6 is 11.3 Å². The first-order valence-electron chi connectivity index (χ1n) is 9.45. The second-order valence-corrected chi connectivity index (χ2v) is 7.63. The van der Waals surface area contributed by atoms with E-state index in [-0.39, 0.29) is 11.8 Å². The van der Waals surface area contributed by atoms with Gasteiger partial charge in [-0.1, -0.05) is 13.8 Å². The molecule has 1 aliphatic heterocycles. The van der Waals surface area contributed by atoms with E-state index in [1.54, 1.807) is 6.07 Å². The zero-order valence-corrected chi connectivity index (χ0v) is 16.9. The van der Waals surface area contributed by atoms with Gasteiger partial charge in [-0.25, -0.2) is 4.99 Å². The number of thiophene rings is 1. The zero-order chi connectivity index (χ0) is 19.8. The fourth-order valence-corrected chi connectivity index (χ4v) is 3.89. The molecule has 0 spiro atoms. The Morgan fingerprint density at radius 2 is 2.00 bits per heavy atom. The molecule has 0 saturated heterocycles. The molecule has 0 atom stereocenters. The zero-order valence-electron chi connectivity index (χ0n) is 16.1. The molecule has 2 amide bonds. The van der Waals surface area contributed by atoms with Crippen LogP contribution in [0.1, 0.15) is 50.8 Å². The maximum atomic E-state index is 13.0. The Morgan fingerprint density at radius 3 is 2.63 bits per heavy atom. The largest absolute Gasteiger partial charge is 0.387 e. The molecular weight excluding hydrogens is 362 g/mol. The lowest BCUT2D eigenvalue weighted by Gasteiger charge is -2.22. The molecule has 1 aliphatic rings. The van der Waals surface area contributed by atoms with Crippen molar-refractivity contribution in [2.45, 2.75) is 46.0 Å². The van der Waals surface area contributed by atoms with Crippen LogP contribution in [0.15, 0.2) is 16.6 Å². The first-order chi connectivity index (χ1) is 13.0. The molecule has 148 valence electrons. The summed E-state index contributed by atoms with van der Waals surface area (Å²) in [6, 6.07) is 1.80. The molecule has 7 nitrogen and oxygen atoms in total. The van der Waals surface area contributed by atoms with Crippen LogP contribution in [-0.4, -0.2) is 42.2 Å². The molecule has 2 rings (SSSR count). The van der Waals surface area contributed by atoms with E-state index in [1.165, 1.54) is 11.3 Å². The van der Waals surface area contributed by atoms with Gasteiger partial charge in [0.15, 0.2) is 0 Å². The molecule has 0 unspecified atom stereocenters. The predicted octanol–water partition coefficient (Wildman–Crippen LogP) is 2.85. The highest BCUT2D eigenvalue weighted by Gasteiger charge is 2.22. The number of amidine groups is 1. The number of carbonyl (C=O) groups excluding carboxylic acids is 2. The van der Waals surface area contributed by atoms with E-state index in [0.717, 1.165) is 30.8 Å². The molecule has 0 aromatic carbocycles. The van der Waals surface area contributed by atoms with E-state index in [0.29, 0.717) is 47.9 Å². The third kappa shape index (κ3) is 5.90. The van der Waals surface area contributed by atoms with Crippen molar-refractivity contribution in [2.75, 3.05) is 25.0 Å². The van der Waals surface area contributed by atoms with Crippen molar-refractivity contribution < 1.29 is 9.59 Å². The molecule has 0 fully saturated rings. The number of nitrogens with two attached hydrogens (primary N) is 2. The Morgan fingerprint density at radius 1 is 1.30 bits per heavy atom. The summed E-state index contributed by atoms with van der Waals surface area (Å²) in [6.45, 7) is 6.05. The maximum absolute atomic E-state index is 13.0. The predicted molar refractivity (Wildman–Crippen MR) is 112 cm³/mol. The second-order valence-electron chi connectivity index (χ2n) is 6.54. The van der Waals surface area contributed by atoms with Gasteiger partial charge in [0.1, 0.15) is 5.84 Å². The van der Waals surface area contributed by atoms with Crippen molar-refractivity contribution in [2.24, 2.45) is 16.5 Å². The van der Waals surface area contributed by atoms with Crippen LogP contribution in [0.5, 0.6) is 0 Å². The van der Waals surface area contributed by atoms with Gasteiger partial charge in [-0.15, -0.1) is 11.3 Å². The summed E-state index contributed by atoms with van der Waals surface area (Å²) < 4.78 is 0. The minimum absolute atomic E-state index is 0.00614. The Hall–Kier alpha value is -2.19. The van der Waals surface area contributed by atoms with Crippen LogP contribution in [0.25, 0.3) is 6.08 Å². The fraction of sp³-hybridized carbons (Fsp3) is 0.526.